The standard InChI is InChI=1S/C15H10F2N4O/c16-11-2-3-12(14(17)5-11)13(7-22)10-1-4-15(19-6-10)21-9-18-8-20-21/h1-9,13H. The zero-order chi connectivity index (χ0) is 15.5. The van der Waals surface area contributed by atoms with Crippen molar-refractivity contribution < 1.29 is 13.6 Å². The lowest BCUT2D eigenvalue weighted by atomic mass is 9.93. The van der Waals surface area contributed by atoms with E-state index >= 15 is 0 Å². The van der Waals surface area contributed by atoms with Gasteiger partial charge in [0, 0.05) is 17.8 Å². The van der Waals surface area contributed by atoms with Gasteiger partial charge in [-0.3, -0.25) is 0 Å². The van der Waals surface area contributed by atoms with Crippen LogP contribution in [0, 0.1) is 11.6 Å². The first-order chi connectivity index (χ1) is 10.7. The molecule has 0 fully saturated rings. The van der Waals surface area contributed by atoms with Gasteiger partial charge in [0.2, 0.25) is 0 Å². The summed E-state index contributed by atoms with van der Waals surface area (Å²) in [6.45, 7) is 0. The Hall–Kier alpha value is -2.96. The summed E-state index contributed by atoms with van der Waals surface area (Å²) in [4.78, 5) is 19.3. The maximum Gasteiger partial charge on any atom is 0.155 e. The molecule has 0 saturated carbocycles. The Balaban J connectivity index is 1.95. The number of halogens is 2. The fraction of sp³-hybridized carbons (Fsp3) is 0.0667. The first-order valence-corrected chi connectivity index (χ1v) is 6.40. The van der Waals surface area contributed by atoms with Crippen molar-refractivity contribution in [3.63, 3.8) is 0 Å². The molecule has 1 unspecified atom stereocenters. The van der Waals surface area contributed by atoms with Gasteiger partial charge in [0.15, 0.2) is 5.82 Å². The first kappa shape index (κ1) is 14.0. The first-order valence-electron chi connectivity index (χ1n) is 6.40. The molecule has 5 nitrogen and oxygen atoms in total. The van der Waals surface area contributed by atoms with Crippen LogP contribution in [0.15, 0.2) is 49.2 Å². The summed E-state index contributed by atoms with van der Waals surface area (Å²) in [5.41, 5.74) is 0.607. The van der Waals surface area contributed by atoms with Gasteiger partial charge in [-0.15, -0.1) is 0 Å². The van der Waals surface area contributed by atoms with Crippen LogP contribution in [-0.2, 0) is 4.79 Å². The molecular weight excluding hydrogens is 290 g/mol. The number of benzene rings is 1. The van der Waals surface area contributed by atoms with Crippen molar-refractivity contribution >= 4 is 6.29 Å². The number of hydrogen-bond donors (Lipinski definition) is 0. The summed E-state index contributed by atoms with van der Waals surface area (Å²) in [7, 11) is 0. The predicted octanol–water partition coefficient (Wildman–Crippen LogP) is 2.27. The highest BCUT2D eigenvalue weighted by atomic mass is 19.1. The summed E-state index contributed by atoms with van der Waals surface area (Å²) < 4.78 is 28.3. The van der Waals surface area contributed by atoms with Crippen molar-refractivity contribution in [1.29, 1.82) is 0 Å². The average Bonchev–Trinajstić information content (AvgIpc) is 3.05. The highest BCUT2D eigenvalue weighted by Gasteiger charge is 2.18. The molecule has 0 aliphatic heterocycles. The van der Waals surface area contributed by atoms with Crippen molar-refractivity contribution in [2.45, 2.75) is 5.92 Å². The van der Waals surface area contributed by atoms with Gasteiger partial charge in [-0.05, 0) is 17.7 Å². The van der Waals surface area contributed by atoms with E-state index in [1.54, 1.807) is 12.1 Å². The van der Waals surface area contributed by atoms with Crippen LogP contribution >= 0.6 is 0 Å². The van der Waals surface area contributed by atoms with Gasteiger partial charge >= 0.3 is 0 Å². The lowest BCUT2D eigenvalue weighted by Gasteiger charge is -2.12. The zero-order valence-corrected chi connectivity index (χ0v) is 11.2. The minimum atomic E-state index is -0.849. The summed E-state index contributed by atoms with van der Waals surface area (Å²) in [6, 6.07) is 6.41. The van der Waals surface area contributed by atoms with Crippen molar-refractivity contribution in [3.05, 3.63) is 71.9 Å². The molecule has 0 aliphatic rings. The topological polar surface area (TPSA) is 60.7 Å². The van der Waals surface area contributed by atoms with Gasteiger partial charge in [-0.2, -0.15) is 5.10 Å². The zero-order valence-electron chi connectivity index (χ0n) is 11.2. The molecule has 22 heavy (non-hydrogen) atoms. The summed E-state index contributed by atoms with van der Waals surface area (Å²) in [5, 5.41) is 3.93. The Morgan fingerprint density at radius 2 is 2.05 bits per heavy atom. The quantitative estimate of drug-likeness (QED) is 0.693. The molecule has 110 valence electrons. The highest BCUT2D eigenvalue weighted by molar-refractivity contribution is 5.68. The largest absolute Gasteiger partial charge is 0.302 e. The molecule has 7 heteroatoms. The molecule has 0 amide bonds. The van der Waals surface area contributed by atoms with Crippen LogP contribution < -0.4 is 0 Å². The molecular formula is C15H10F2N4O. The number of rotatable bonds is 4. The van der Waals surface area contributed by atoms with E-state index in [0.29, 0.717) is 17.7 Å². The van der Waals surface area contributed by atoms with E-state index < -0.39 is 17.6 Å². The van der Waals surface area contributed by atoms with E-state index in [2.05, 4.69) is 15.1 Å². The number of carbonyl (C=O) groups excluding carboxylic acids is 1. The van der Waals surface area contributed by atoms with E-state index in [4.69, 9.17) is 0 Å². The van der Waals surface area contributed by atoms with Crippen LogP contribution in [0.25, 0.3) is 5.82 Å². The Morgan fingerprint density at radius 1 is 1.18 bits per heavy atom. The highest BCUT2D eigenvalue weighted by Crippen LogP contribution is 2.25. The maximum absolute atomic E-state index is 13.8. The molecule has 3 aromatic rings. The molecule has 0 radical (unpaired) electrons. The number of aromatic nitrogens is 4. The van der Waals surface area contributed by atoms with E-state index in [0.717, 1.165) is 12.1 Å². The third-order valence-corrected chi connectivity index (χ3v) is 3.22. The fourth-order valence-electron chi connectivity index (χ4n) is 2.13. The lowest BCUT2D eigenvalue weighted by molar-refractivity contribution is -0.108. The lowest BCUT2D eigenvalue weighted by Crippen LogP contribution is -2.07. The third-order valence-electron chi connectivity index (χ3n) is 3.22. The smallest absolute Gasteiger partial charge is 0.155 e. The molecule has 0 saturated heterocycles. The second-order valence-electron chi connectivity index (χ2n) is 4.57. The van der Waals surface area contributed by atoms with Gasteiger partial charge in [-0.1, -0.05) is 12.1 Å². The molecule has 0 N–H and O–H groups in total. The van der Waals surface area contributed by atoms with Crippen molar-refractivity contribution in [3.8, 4) is 5.82 Å². The van der Waals surface area contributed by atoms with Crippen LogP contribution in [0.3, 0.4) is 0 Å². The maximum atomic E-state index is 13.8. The second-order valence-corrected chi connectivity index (χ2v) is 4.57. The molecule has 1 atom stereocenters. The number of aldehydes is 1. The predicted molar refractivity (Wildman–Crippen MR) is 73.4 cm³/mol. The van der Waals surface area contributed by atoms with Crippen LogP contribution in [0.1, 0.15) is 17.0 Å². The van der Waals surface area contributed by atoms with Crippen LogP contribution in [0.4, 0.5) is 8.78 Å². The Morgan fingerprint density at radius 3 is 2.64 bits per heavy atom. The summed E-state index contributed by atoms with van der Waals surface area (Å²) in [5.74, 6) is -1.79. The SMILES string of the molecule is O=CC(c1ccc(-n2cncn2)nc1)c1ccc(F)cc1F. The monoisotopic (exact) mass is 300 g/mol. The Bertz CT molecular complexity index is 788. The number of hydrogen-bond acceptors (Lipinski definition) is 4. The molecule has 2 heterocycles. The number of carbonyl (C=O) groups is 1. The molecule has 0 bridgehead atoms. The molecule has 0 spiro atoms. The normalized spacial score (nSPS) is 12.1. The van der Waals surface area contributed by atoms with E-state index in [1.165, 1.54) is 29.6 Å². The van der Waals surface area contributed by atoms with Crippen molar-refractivity contribution in [2.24, 2.45) is 0 Å². The van der Waals surface area contributed by atoms with Gasteiger partial charge in [-0.25, -0.2) is 23.4 Å². The Labute approximate surface area is 124 Å². The minimum Gasteiger partial charge on any atom is -0.302 e. The molecule has 2 aromatic heterocycles. The average molecular weight is 300 g/mol. The molecule has 3 rings (SSSR count). The van der Waals surface area contributed by atoms with Crippen LogP contribution in [0.2, 0.25) is 0 Å². The second kappa shape index (κ2) is 5.80. The molecule has 0 aliphatic carbocycles. The van der Waals surface area contributed by atoms with E-state index in [-0.39, 0.29) is 5.56 Å². The van der Waals surface area contributed by atoms with E-state index in [1.807, 2.05) is 0 Å². The summed E-state index contributed by atoms with van der Waals surface area (Å²) >= 11 is 0. The Kier molecular flexibility index (Phi) is 3.69. The number of nitrogens with zero attached hydrogens (tertiary/aromatic N) is 4. The molecule has 1 aromatic carbocycles. The van der Waals surface area contributed by atoms with Crippen LogP contribution in [-0.4, -0.2) is 26.0 Å². The van der Waals surface area contributed by atoms with Gasteiger partial charge in [0.25, 0.3) is 0 Å². The fourth-order valence-corrected chi connectivity index (χ4v) is 2.13. The number of pyridine rings is 1. The summed E-state index contributed by atoms with van der Waals surface area (Å²) in [6.07, 6.45) is 4.91. The van der Waals surface area contributed by atoms with E-state index in [9.17, 15) is 13.6 Å². The van der Waals surface area contributed by atoms with Gasteiger partial charge < -0.3 is 4.79 Å². The third kappa shape index (κ3) is 2.60. The van der Waals surface area contributed by atoms with Gasteiger partial charge in [0.1, 0.15) is 30.6 Å². The minimum absolute atomic E-state index is 0.103. The van der Waals surface area contributed by atoms with Crippen LogP contribution in [0.5, 0.6) is 0 Å². The van der Waals surface area contributed by atoms with Gasteiger partial charge in [0.05, 0.1) is 5.92 Å². The van der Waals surface area contributed by atoms with Crippen molar-refractivity contribution in [1.82, 2.24) is 19.7 Å². The van der Waals surface area contributed by atoms with Crippen molar-refractivity contribution in [2.75, 3.05) is 0 Å².